The zero-order valence-corrected chi connectivity index (χ0v) is 13.0. The Kier molecular flexibility index (Phi) is 5.59. The molecule has 0 saturated carbocycles. The van der Waals surface area contributed by atoms with Gasteiger partial charge in [0.05, 0.1) is 12.1 Å². The van der Waals surface area contributed by atoms with Crippen LogP contribution >= 0.6 is 0 Å². The van der Waals surface area contributed by atoms with E-state index in [2.05, 4.69) is 10.3 Å². The van der Waals surface area contributed by atoms with Gasteiger partial charge in [-0.15, -0.1) is 0 Å². The number of anilines is 2. The standard InChI is InChI=1S/C16H22N4O3/c1-11(22)13(9-5-8-12-6-3-2-4-7-12)20-15(18-10-21)14(17)19-16(20)23/h2-4,6-7,10-11,13,22H,5,8-9,17H2,1H3,(H,18,21)(H,19,23). The Morgan fingerprint density at radius 1 is 1.39 bits per heavy atom. The van der Waals surface area contributed by atoms with Gasteiger partial charge in [-0.3, -0.25) is 14.3 Å². The van der Waals surface area contributed by atoms with Crippen molar-refractivity contribution < 1.29 is 9.90 Å². The number of nitrogens with one attached hydrogen (secondary N) is 2. The van der Waals surface area contributed by atoms with Crippen LogP contribution in [0.15, 0.2) is 35.1 Å². The summed E-state index contributed by atoms with van der Waals surface area (Å²) in [5.74, 6) is 0.270. The molecule has 2 atom stereocenters. The molecule has 0 bridgehead atoms. The third-order valence-corrected chi connectivity index (χ3v) is 3.85. The van der Waals surface area contributed by atoms with Gasteiger partial charge in [-0.2, -0.15) is 0 Å². The second-order valence-electron chi connectivity index (χ2n) is 5.51. The fourth-order valence-corrected chi connectivity index (χ4v) is 2.73. The number of nitrogens with zero attached hydrogens (tertiary/aromatic N) is 1. The van der Waals surface area contributed by atoms with Crippen LogP contribution in [-0.2, 0) is 11.2 Å². The Morgan fingerprint density at radius 3 is 2.70 bits per heavy atom. The highest BCUT2D eigenvalue weighted by atomic mass is 16.3. The molecular formula is C16H22N4O3. The number of hydrogen-bond acceptors (Lipinski definition) is 4. The Morgan fingerprint density at radius 2 is 2.09 bits per heavy atom. The Bertz CT molecular complexity index is 691. The van der Waals surface area contributed by atoms with E-state index in [1.54, 1.807) is 6.92 Å². The number of aliphatic hydroxyl groups is 1. The summed E-state index contributed by atoms with van der Waals surface area (Å²) < 4.78 is 1.32. The van der Waals surface area contributed by atoms with Crippen LogP contribution in [-0.4, -0.2) is 27.2 Å². The summed E-state index contributed by atoms with van der Waals surface area (Å²) in [6.07, 6.45) is 1.91. The number of aromatic amines is 1. The van der Waals surface area contributed by atoms with Crippen LogP contribution in [0.4, 0.5) is 11.6 Å². The van der Waals surface area contributed by atoms with E-state index in [9.17, 15) is 14.7 Å². The maximum atomic E-state index is 12.1. The van der Waals surface area contributed by atoms with Crippen molar-refractivity contribution in [3.05, 3.63) is 46.4 Å². The average Bonchev–Trinajstić information content (AvgIpc) is 2.79. The number of nitrogen functional groups attached to an aromatic ring is 1. The SMILES string of the molecule is CC(O)C(CCCc1ccccc1)n1c(NC=O)c(N)[nH]c1=O. The lowest BCUT2D eigenvalue weighted by molar-refractivity contribution is -0.105. The largest absolute Gasteiger partial charge is 0.391 e. The van der Waals surface area contributed by atoms with Crippen molar-refractivity contribution in [3.8, 4) is 0 Å². The molecule has 7 heteroatoms. The Hall–Kier alpha value is -2.54. The van der Waals surface area contributed by atoms with Crippen LogP contribution in [0.5, 0.6) is 0 Å². The highest BCUT2D eigenvalue weighted by Crippen LogP contribution is 2.25. The lowest BCUT2D eigenvalue weighted by atomic mass is 10.0. The maximum absolute atomic E-state index is 12.1. The molecule has 1 amide bonds. The molecule has 124 valence electrons. The number of amides is 1. The van der Waals surface area contributed by atoms with Gasteiger partial charge in [0.2, 0.25) is 6.41 Å². The number of hydrogen-bond donors (Lipinski definition) is 4. The number of benzene rings is 1. The summed E-state index contributed by atoms with van der Waals surface area (Å²) in [4.78, 5) is 25.3. The predicted octanol–water partition coefficient (Wildman–Crippen LogP) is 1.27. The number of aliphatic hydroxyl groups excluding tert-OH is 1. The molecule has 1 aromatic carbocycles. The first-order chi connectivity index (χ1) is 11.0. The molecule has 1 heterocycles. The molecule has 7 nitrogen and oxygen atoms in total. The molecule has 0 fully saturated rings. The molecule has 0 aliphatic rings. The molecule has 0 spiro atoms. The third-order valence-electron chi connectivity index (χ3n) is 3.85. The van der Waals surface area contributed by atoms with Crippen molar-refractivity contribution in [1.29, 1.82) is 0 Å². The van der Waals surface area contributed by atoms with E-state index in [-0.39, 0.29) is 11.6 Å². The zero-order chi connectivity index (χ0) is 16.8. The van der Waals surface area contributed by atoms with E-state index in [1.165, 1.54) is 10.1 Å². The minimum atomic E-state index is -0.758. The van der Waals surface area contributed by atoms with Crippen molar-refractivity contribution in [2.75, 3.05) is 11.1 Å². The zero-order valence-electron chi connectivity index (χ0n) is 13.0. The van der Waals surface area contributed by atoms with Crippen LogP contribution in [0.25, 0.3) is 0 Å². The van der Waals surface area contributed by atoms with Gasteiger partial charge in [0.25, 0.3) is 0 Å². The van der Waals surface area contributed by atoms with E-state index in [4.69, 9.17) is 5.73 Å². The number of nitrogens with two attached hydrogens (primary N) is 1. The summed E-state index contributed by atoms with van der Waals surface area (Å²) in [6, 6.07) is 9.52. The topological polar surface area (TPSA) is 113 Å². The number of rotatable bonds is 8. The van der Waals surface area contributed by atoms with Gasteiger partial charge >= 0.3 is 5.69 Å². The average molecular weight is 318 g/mol. The van der Waals surface area contributed by atoms with Crippen LogP contribution in [0.3, 0.4) is 0 Å². The first-order valence-corrected chi connectivity index (χ1v) is 7.56. The lowest BCUT2D eigenvalue weighted by Gasteiger charge is -2.22. The lowest BCUT2D eigenvalue weighted by Crippen LogP contribution is -2.30. The summed E-state index contributed by atoms with van der Waals surface area (Å²) in [6.45, 7) is 1.62. The second kappa shape index (κ2) is 7.64. The molecular weight excluding hydrogens is 296 g/mol. The van der Waals surface area contributed by atoms with Gasteiger partial charge < -0.3 is 16.2 Å². The van der Waals surface area contributed by atoms with Crippen molar-refractivity contribution >= 4 is 18.0 Å². The van der Waals surface area contributed by atoms with Gasteiger partial charge in [0.1, 0.15) is 5.82 Å². The second-order valence-corrected chi connectivity index (χ2v) is 5.51. The van der Waals surface area contributed by atoms with Gasteiger partial charge in [-0.25, -0.2) is 4.79 Å². The van der Waals surface area contributed by atoms with Gasteiger partial charge in [-0.1, -0.05) is 30.3 Å². The molecule has 5 N–H and O–H groups in total. The number of H-pyrrole nitrogens is 1. The predicted molar refractivity (Wildman–Crippen MR) is 89.2 cm³/mol. The number of carbonyl (C=O) groups excluding carboxylic acids is 1. The molecule has 2 aromatic rings. The summed E-state index contributed by atoms with van der Waals surface area (Å²) in [5, 5.41) is 12.5. The summed E-state index contributed by atoms with van der Waals surface area (Å²) in [5.41, 5.74) is 6.46. The Balaban J connectivity index is 2.16. The van der Waals surface area contributed by atoms with Crippen molar-refractivity contribution in [1.82, 2.24) is 9.55 Å². The van der Waals surface area contributed by atoms with E-state index >= 15 is 0 Å². The molecule has 0 aliphatic heterocycles. The summed E-state index contributed by atoms with van der Waals surface area (Å²) >= 11 is 0. The Labute approximate surface area is 134 Å². The maximum Gasteiger partial charge on any atom is 0.329 e. The van der Waals surface area contributed by atoms with Crippen LogP contribution in [0, 0.1) is 0 Å². The van der Waals surface area contributed by atoms with Crippen molar-refractivity contribution in [3.63, 3.8) is 0 Å². The van der Waals surface area contributed by atoms with Gasteiger partial charge in [0, 0.05) is 0 Å². The minimum Gasteiger partial charge on any atom is -0.391 e. The quantitative estimate of drug-likeness (QED) is 0.549. The molecule has 2 unspecified atom stereocenters. The molecule has 0 radical (unpaired) electrons. The number of aromatic nitrogens is 2. The van der Waals surface area contributed by atoms with E-state index in [0.29, 0.717) is 12.8 Å². The first kappa shape index (κ1) is 16.8. The molecule has 0 aliphatic carbocycles. The van der Waals surface area contributed by atoms with Gasteiger partial charge in [0.15, 0.2) is 5.82 Å². The molecule has 23 heavy (non-hydrogen) atoms. The van der Waals surface area contributed by atoms with Gasteiger partial charge in [-0.05, 0) is 31.7 Å². The van der Waals surface area contributed by atoms with Crippen LogP contribution in [0.1, 0.15) is 31.4 Å². The fourth-order valence-electron chi connectivity index (χ4n) is 2.73. The molecule has 1 aromatic heterocycles. The molecule has 0 saturated heterocycles. The fraction of sp³-hybridized carbons (Fsp3) is 0.375. The highest BCUT2D eigenvalue weighted by Gasteiger charge is 2.24. The highest BCUT2D eigenvalue weighted by molar-refractivity contribution is 5.75. The van der Waals surface area contributed by atoms with E-state index in [1.807, 2.05) is 30.3 Å². The van der Waals surface area contributed by atoms with Crippen molar-refractivity contribution in [2.24, 2.45) is 0 Å². The minimum absolute atomic E-state index is 0.0795. The first-order valence-electron chi connectivity index (χ1n) is 7.56. The smallest absolute Gasteiger partial charge is 0.329 e. The number of carbonyl (C=O) groups is 1. The number of aryl methyl sites for hydroxylation is 1. The van der Waals surface area contributed by atoms with Crippen molar-refractivity contribution in [2.45, 2.75) is 38.3 Å². The molecule has 2 rings (SSSR count). The van der Waals surface area contributed by atoms with E-state index < -0.39 is 17.8 Å². The normalized spacial score (nSPS) is 13.5. The van der Waals surface area contributed by atoms with Crippen LogP contribution < -0.4 is 16.7 Å². The third kappa shape index (κ3) is 4.01. The summed E-state index contributed by atoms with van der Waals surface area (Å²) in [7, 11) is 0. The number of imidazole rings is 1. The van der Waals surface area contributed by atoms with E-state index in [0.717, 1.165) is 12.8 Å². The monoisotopic (exact) mass is 318 g/mol. The van der Waals surface area contributed by atoms with Crippen LogP contribution in [0.2, 0.25) is 0 Å².